The molecule has 2 unspecified atom stereocenters. The van der Waals surface area contributed by atoms with Crippen LogP contribution in [-0.4, -0.2) is 128 Å². The second kappa shape index (κ2) is 76.1. The van der Waals surface area contributed by atoms with E-state index in [4.69, 9.17) is 45.1 Å². The Kier molecular flexibility index (Phi) is 79.1. The first-order valence-corrected chi connectivity index (χ1v) is 42.7. The molecule has 0 aliphatic carbocycles. The number of hydrogen-bond acceptors (Lipinski definition) is 18. The summed E-state index contributed by atoms with van der Waals surface area (Å²) in [5, 5.41) is 17.6. The Morgan fingerprint density at radius 3 is 1.10 bits per heavy atom. The largest absolute Gasteiger partial charge is 0.469 e. The number of halogens is 2. The highest BCUT2D eigenvalue weighted by Crippen LogP contribution is 2.42. The van der Waals surface area contributed by atoms with Gasteiger partial charge in [0.2, 0.25) is 0 Å². The number of hydrogen-bond donors (Lipinski definition) is 2. The third kappa shape index (κ3) is 67.8. The van der Waals surface area contributed by atoms with E-state index < -0.39 is 67.1 Å². The van der Waals surface area contributed by atoms with Crippen LogP contribution in [-0.2, 0) is 76.3 Å². The van der Waals surface area contributed by atoms with Crippen LogP contribution in [0.1, 0.15) is 367 Å². The van der Waals surface area contributed by atoms with Gasteiger partial charge in [0, 0.05) is 13.6 Å². The summed E-state index contributed by atoms with van der Waals surface area (Å²) in [4.78, 5) is 95.2. The fourth-order valence-electron chi connectivity index (χ4n) is 12.1. The van der Waals surface area contributed by atoms with E-state index in [9.17, 15) is 38.4 Å². The van der Waals surface area contributed by atoms with Gasteiger partial charge in [-0.2, -0.15) is 0 Å². The average Bonchev–Trinajstić information content (AvgIpc) is 0.803. The monoisotopic (exact) mass is 1640 g/mol. The molecule has 106 heavy (non-hydrogen) atoms. The van der Waals surface area contributed by atoms with Gasteiger partial charge in [0.05, 0.1) is 69.4 Å². The van der Waals surface area contributed by atoms with Gasteiger partial charge in [0.25, 0.3) is 0 Å². The lowest BCUT2D eigenvalue weighted by Gasteiger charge is -2.36. The maximum atomic E-state index is 13.3. The molecule has 0 heterocycles. The number of unbranched alkanes of at least 4 members (excludes halogenated alkanes) is 34. The van der Waals surface area contributed by atoms with Crippen LogP contribution >= 0.6 is 31.9 Å². The summed E-state index contributed by atoms with van der Waals surface area (Å²) in [6, 6.07) is 0. The number of alkyl halides is 2. The Labute approximate surface area is 664 Å². The Morgan fingerprint density at radius 2 is 0.774 bits per heavy atom. The van der Waals surface area contributed by atoms with Crippen molar-refractivity contribution in [3.8, 4) is 12.5 Å². The van der Waals surface area contributed by atoms with Gasteiger partial charge in [0.1, 0.15) is 28.5 Å². The molecule has 0 saturated heterocycles. The number of aliphatic hydroxyl groups is 2. The number of methoxy groups -OCH3 is 2. The molecule has 0 spiro atoms. The van der Waals surface area contributed by atoms with Crippen LogP contribution in [0.5, 0.6) is 0 Å². The minimum absolute atomic E-state index is 0. The highest BCUT2D eigenvalue weighted by atomic mass is 79.9. The van der Waals surface area contributed by atoms with E-state index in [2.05, 4.69) is 96.0 Å². The third-order valence-electron chi connectivity index (χ3n) is 18.4. The highest BCUT2D eigenvalue weighted by Gasteiger charge is 2.47. The molecule has 0 aliphatic heterocycles. The summed E-state index contributed by atoms with van der Waals surface area (Å²) in [6.45, 7) is 30.4. The fraction of sp³-hybridized carbons (Fsp3) is 0.837. The molecule has 18 nitrogen and oxygen atoms in total. The van der Waals surface area contributed by atoms with E-state index in [1.54, 1.807) is 41.5 Å². The number of aliphatic hydroxyl groups excluding tert-OH is 2. The Bertz CT molecular complexity index is 2230. The summed E-state index contributed by atoms with van der Waals surface area (Å²) in [5.74, 6) is -4.41. The van der Waals surface area contributed by atoms with Gasteiger partial charge in [-0.3, -0.25) is 24.0 Å². The molecular weight excluding hydrogens is 1480 g/mol. The molecule has 0 amide bonds. The van der Waals surface area contributed by atoms with Crippen molar-refractivity contribution in [2.24, 2.45) is 28.1 Å². The number of ether oxygens (including phenoxy) is 8. The Morgan fingerprint density at radius 1 is 0.443 bits per heavy atom. The average molecular weight is 1640 g/mol. The molecule has 0 aliphatic rings. The molecule has 0 radical (unpaired) electrons. The molecular formula is C86H158Br2O18. The first-order chi connectivity index (χ1) is 50.5. The molecule has 0 saturated carbocycles. The van der Waals surface area contributed by atoms with Crippen molar-refractivity contribution in [3.63, 3.8) is 0 Å². The predicted octanol–water partition coefficient (Wildman–Crippen LogP) is 22.2. The Balaban J connectivity index is -0.000000349. The lowest BCUT2D eigenvalue weighted by atomic mass is 9.69. The van der Waals surface area contributed by atoms with Crippen LogP contribution in [0.2, 0.25) is 0 Å². The van der Waals surface area contributed by atoms with Crippen LogP contribution in [0.25, 0.3) is 0 Å². The Hall–Kier alpha value is -4.32. The van der Waals surface area contributed by atoms with Gasteiger partial charge < -0.3 is 48.1 Å². The van der Waals surface area contributed by atoms with Crippen molar-refractivity contribution in [2.75, 3.05) is 60.5 Å². The van der Waals surface area contributed by atoms with Crippen molar-refractivity contribution >= 4 is 79.6 Å². The zero-order valence-electron chi connectivity index (χ0n) is 69.6. The van der Waals surface area contributed by atoms with Crippen molar-refractivity contribution in [1.82, 2.24) is 0 Å². The van der Waals surface area contributed by atoms with Gasteiger partial charge >= 0.3 is 47.8 Å². The first-order valence-electron chi connectivity index (χ1n) is 41.0. The predicted molar refractivity (Wildman–Crippen MR) is 440 cm³/mol. The molecule has 0 fully saturated rings. The second-order valence-corrected chi connectivity index (χ2v) is 32.7. The molecule has 0 rings (SSSR count). The van der Waals surface area contributed by atoms with Gasteiger partial charge in [-0.05, 0) is 92.4 Å². The molecule has 0 aromatic carbocycles. The van der Waals surface area contributed by atoms with Crippen molar-refractivity contribution in [3.05, 3.63) is 25.3 Å². The summed E-state index contributed by atoms with van der Waals surface area (Å²) in [6.07, 6.45) is 61.3. The zero-order valence-corrected chi connectivity index (χ0v) is 72.8. The van der Waals surface area contributed by atoms with Gasteiger partial charge in [0.15, 0.2) is 0 Å². The lowest BCUT2D eigenvalue weighted by Crippen LogP contribution is -2.41. The minimum Gasteiger partial charge on any atom is -0.469 e. The van der Waals surface area contributed by atoms with E-state index in [0.29, 0.717) is 25.6 Å². The van der Waals surface area contributed by atoms with Gasteiger partial charge in [-0.1, -0.05) is 331 Å². The molecule has 20 heteroatoms. The van der Waals surface area contributed by atoms with Crippen LogP contribution in [0.3, 0.4) is 0 Å². The minimum atomic E-state index is -1.31. The fourth-order valence-corrected chi connectivity index (χ4v) is 13.5. The first kappa shape index (κ1) is 110. The molecule has 624 valence electrons. The number of rotatable bonds is 63. The van der Waals surface area contributed by atoms with Gasteiger partial charge in [-0.25, -0.2) is 14.4 Å². The number of carbonyl (C=O) groups is 8. The highest BCUT2D eigenvalue weighted by molar-refractivity contribution is 9.10. The van der Waals surface area contributed by atoms with E-state index in [1.165, 1.54) is 238 Å². The smallest absolute Gasteiger partial charge is 0.333 e. The summed E-state index contributed by atoms with van der Waals surface area (Å²) in [7, 11) is 2.53. The quantitative estimate of drug-likeness (QED) is 0.0143. The van der Waals surface area contributed by atoms with Crippen LogP contribution in [0, 0.1) is 40.6 Å². The van der Waals surface area contributed by atoms with Crippen LogP contribution in [0.15, 0.2) is 25.3 Å². The van der Waals surface area contributed by atoms with E-state index in [-0.39, 0.29) is 72.1 Å². The molecule has 0 aromatic rings. The van der Waals surface area contributed by atoms with Crippen molar-refractivity contribution < 1.29 is 87.9 Å². The summed E-state index contributed by atoms with van der Waals surface area (Å²) < 4.78 is 39.0. The maximum absolute atomic E-state index is 13.3. The third-order valence-corrected chi connectivity index (χ3v) is 19.7. The van der Waals surface area contributed by atoms with E-state index in [1.807, 2.05) is 6.11 Å². The molecule has 2 N–H and O–H groups in total. The second-order valence-electron chi connectivity index (χ2n) is 29.8. The van der Waals surface area contributed by atoms with Crippen molar-refractivity contribution in [1.29, 1.82) is 0 Å². The van der Waals surface area contributed by atoms with E-state index in [0.717, 1.165) is 38.5 Å². The number of carbonyl (C=O) groups excluding carboxylic acids is 8. The lowest BCUT2D eigenvalue weighted by molar-refractivity contribution is -0.164. The van der Waals surface area contributed by atoms with Crippen molar-refractivity contribution in [2.45, 2.75) is 375 Å². The topological polar surface area (TPSA) is 251 Å². The number of esters is 8. The standard InChI is InChI=1S/C37H63BrO9.C21H40O2.C11H19BrO5.C11H20O2.C6H14.H2/c1-7-9-10-11-12-13-14-15-16-17-18-19-20-21-22-23-25-46-32(40)30(27-31(38)33(41)45-8-2)28-37(5,35(43)44-6)29-36(3,4)34(42)47-26-24-39;1-3-5-6-7-8-9-10-11-12-13-14-15-16-17-18-19-20-23-21(22)4-2;1-10(2,8(14)17-6-5-13)7-11(3,12)9(15)16-4;1-4-7-8-10(5-2)9-13-11(12)6-3;1-3-5-6-4-2;/h2,30-31,39H,7,9-29H2,1,3-6H3;4H,2-3,5-20H2,1H3;13H,5-7H2,1-4H3;6,10H,3-5,7-9H2,1-2H3;3-6H2,1-2H3;1H/t30-,31-,37-;;;;;/m0...../s1. The van der Waals surface area contributed by atoms with E-state index >= 15 is 0 Å². The normalized spacial score (nSPS) is 12.9. The van der Waals surface area contributed by atoms with Crippen LogP contribution in [0.4, 0.5) is 0 Å². The number of terminal acetylenes is 1. The summed E-state index contributed by atoms with van der Waals surface area (Å²) >= 11 is 6.50. The zero-order chi connectivity index (χ0) is 81.2. The van der Waals surface area contributed by atoms with Gasteiger partial charge in [-0.15, -0.1) is 0 Å². The van der Waals surface area contributed by atoms with Crippen LogP contribution < -0.4 is 0 Å². The molecule has 0 aromatic heterocycles. The molecule has 5 atom stereocenters. The molecule has 0 bridgehead atoms. The SMILES string of the molecule is C#COC(=O)[C@@H](Br)C[C@@H](C[C@@](C)(CC(C)(C)C(=O)OCCO)C(=O)OC)C(=O)OCCCCCCCCCCCCCCCCCC.C=CC(=O)OCC(CC)CCCC.C=CC(=O)OCCCCCCCCCCCCCCCCCC.CCCCCC.COC(=O)C(C)(Br)CC(C)(C)C(=O)OCCO.[HH]. The maximum Gasteiger partial charge on any atom is 0.333 e. The summed E-state index contributed by atoms with van der Waals surface area (Å²) in [5.41, 5.74) is -3.30.